The Morgan fingerprint density at radius 1 is 1.12 bits per heavy atom. The summed E-state index contributed by atoms with van der Waals surface area (Å²) in [7, 11) is 0. The average Bonchev–Trinajstić information content (AvgIpc) is 3.04. The molecule has 3 rings (SSSR count). The lowest BCUT2D eigenvalue weighted by molar-refractivity contribution is 0.568. The first-order valence-corrected chi connectivity index (χ1v) is 8.91. The fraction of sp³-hybridized carbons (Fsp3) is 0.333. The molecular formula is C18H21N5S. The van der Waals surface area contributed by atoms with E-state index in [-0.39, 0.29) is 6.04 Å². The van der Waals surface area contributed by atoms with Gasteiger partial charge in [0.25, 0.3) is 0 Å². The van der Waals surface area contributed by atoms with E-state index in [1.54, 1.807) is 17.5 Å². The molecule has 1 atom stereocenters. The minimum atomic E-state index is 0.223. The van der Waals surface area contributed by atoms with Crippen LogP contribution in [0.5, 0.6) is 0 Å². The van der Waals surface area contributed by atoms with E-state index in [4.69, 9.17) is 0 Å². The van der Waals surface area contributed by atoms with E-state index in [0.717, 1.165) is 46.4 Å². The number of hydrogen-bond acceptors (Lipinski definition) is 6. The first-order chi connectivity index (χ1) is 11.6. The second-order valence-electron chi connectivity index (χ2n) is 5.73. The molecule has 0 saturated carbocycles. The summed E-state index contributed by atoms with van der Waals surface area (Å²) in [6, 6.07) is 6.11. The second-order valence-corrected chi connectivity index (χ2v) is 6.67. The molecule has 5 nitrogen and oxygen atoms in total. The summed E-state index contributed by atoms with van der Waals surface area (Å²) in [4.78, 5) is 17.7. The number of nitrogens with one attached hydrogen (secondary N) is 1. The fourth-order valence-corrected chi connectivity index (χ4v) is 3.37. The van der Waals surface area contributed by atoms with Crippen LogP contribution in [0.2, 0.25) is 0 Å². The van der Waals surface area contributed by atoms with Crippen molar-refractivity contribution >= 4 is 11.3 Å². The number of aromatic nitrogens is 4. The van der Waals surface area contributed by atoms with Gasteiger partial charge >= 0.3 is 0 Å². The van der Waals surface area contributed by atoms with Crippen molar-refractivity contribution in [3.05, 3.63) is 58.1 Å². The van der Waals surface area contributed by atoms with E-state index in [1.165, 1.54) is 0 Å². The van der Waals surface area contributed by atoms with Crippen LogP contribution in [0.4, 0.5) is 0 Å². The summed E-state index contributed by atoms with van der Waals surface area (Å²) < 4.78 is 0. The van der Waals surface area contributed by atoms with Crippen LogP contribution in [0.3, 0.4) is 0 Å². The van der Waals surface area contributed by atoms with Gasteiger partial charge in [0.2, 0.25) is 0 Å². The normalized spacial score (nSPS) is 12.3. The molecule has 1 N–H and O–H groups in total. The molecule has 3 aromatic rings. The van der Waals surface area contributed by atoms with Crippen LogP contribution >= 0.6 is 11.3 Å². The zero-order valence-electron chi connectivity index (χ0n) is 14.2. The molecular weight excluding hydrogens is 318 g/mol. The molecule has 3 aromatic heterocycles. The molecule has 124 valence electrons. The molecule has 0 aliphatic rings. The maximum Gasteiger partial charge on any atom is 0.125 e. The molecule has 3 heterocycles. The van der Waals surface area contributed by atoms with E-state index >= 15 is 0 Å². The third-order valence-corrected chi connectivity index (χ3v) is 4.78. The Labute approximate surface area is 146 Å². The Morgan fingerprint density at radius 3 is 2.75 bits per heavy atom. The molecule has 0 bridgehead atoms. The SMILES string of the molecule is Cc1ncc([C@H](C)NCCc2nc(-c3ccccn3)cs2)c(C)n1. The lowest BCUT2D eigenvalue weighted by Crippen LogP contribution is -2.22. The Balaban J connectivity index is 1.56. The van der Waals surface area contributed by atoms with Crippen molar-refractivity contribution in [2.75, 3.05) is 6.54 Å². The van der Waals surface area contributed by atoms with Crippen molar-refractivity contribution in [2.24, 2.45) is 0 Å². The first kappa shape index (κ1) is 16.7. The fourth-order valence-electron chi connectivity index (χ4n) is 2.58. The number of nitrogens with zero attached hydrogens (tertiary/aromatic N) is 4. The van der Waals surface area contributed by atoms with Gasteiger partial charge in [-0.15, -0.1) is 11.3 Å². The summed E-state index contributed by atoms with van der Waals surface area (Å²) in [5.74, 6) is 0.813. The Hall–Kier alpha value is -2.18. The van der Waals surface area contributed by atoms with E-state index < -0.39 is 0 Å². The Bertz CT molecular complexity index is 800. The summed E-state index contributed by atoms with van der Waals surface area (Å²) in [5, 5.41) is 6.71. The third kappa shape index (κ3) is 4.01. The van der Waals surface area contributed by atoms with Crippen LogP contribution in [0.25, 0.3) is 11.4 Å². The molecule has 0 saturated heterocycles. The molecule has 24 heavy (non-hydrogen) atoms. The molecule has 0 fully saturated rings. The van der Waals surface area contributed by atoms with Gasteiger partial charge in [-0.1, -0.05) is 6.07 Å². The van der Waals surface area contributed by atoms with Gasteiger partial charge in [0.05, 0.1) is 16.4 Å². The van der Waals surface area contributed by atoms with Gasteiger partial charge < -0.3 is 5.32 Å². The average molecular weight is 339 g/mol. The standard InChI is InChI=1S/C18H21N5S/c1-12(15-10-21-14(3)22-13(15)2)19-9-7-18-23-17(11-24-18)16-6-4-5-8-20-16/h4-6,8,10-12,19H,7,9H2,1-3H3/t12-/m0/s1. The van der Waals surface area contributed by atoms with Crippen molar-refractivity contribution in [1.82, 2.24) is 25.3 Å². The minimum absolute atomic E-state index is 0.223. The number of thiazole rings is 1. The van der Waals surface area contributed by atoms with E-state index in [0.29, 0.717) is 0 Å². The highest BCUT2D eigenvalue weighted by atomic mass is 32.1. The van der Waals surface area contributed by atoms with Crippen molar-refractivity contribution in [2.45, 2.75) is 33.2 Å². The summed E-state index contributed by atoms with van der Waals surface area (Å²) in [6.45, 7) is 6.95. The van der Waals surface area contributed by atoms with Gasteiger partial charge in [-0.05, 0) is 32.9 Å². The summed E-state index contributed by atoms with van der Waals surface area (Å²) >= 11 is 1.68. The van der Waals surface area contributed by atoms with Gasteiger partial charge in [0.1, 0.15) is 5.82 Å². The van der Waals surface area contributed by atoms with Crippen LogP contribution in [-0.2, 0) is 6.42 Å². The smallest absolute Gasteiger partial charge is 0.125 e. The predicted octanol–water partition coefficient (Wildman–Crippen LogP) is 3.51. The largest absolute Gasteiger partial charge is 0.310 e. The molecule has 0 unspecified atom stereocenters. The Kier molecular flexibility index (Phi) is 5.27. The molecule has 0 aliphatic heterocycles. The van der Waals surface area contributed by atoms with Gasteiger partial charge in [0.15, 0.2) is 0 Å². The topological polar surface area (TPSA) is 63.6 Å². The van der Waals surface area contributed by atoms with Crippen molar-refractivity contribution < 1.29 is 0 Å². The maximum absolute atomic E-state index is 4.67. The van der Waals surface area contributed by atoms with Crippen molar-refractivity contribution in [1.29, 1.82) is 0 Å². The minimum Gasteiger partial charge on any atom is -0.310 e. The molecule has 0 amide bonds. The molecule has 0 spiro atoms. The van der Waals surface area contributed by atoms with Crippen LogP contribution in [0.1, 0.15) is 35.1 Å². The number of pyridine rings is 1. The van der Waals surface area contributed by atoms with Crippen LogP contribution in [0, 0.1) is 13.8 Å². The summed E-state index contributed by atoms with van der Waals surface area (Å²) in [5.41, 5.74) is 4.06. The second kappa shape index (κ2) is 7.59. The van der Waals surface area contributed by atoms with E-state index in [2.05, 4.69) is 37.6 Å². The predicted molar refractivity (Wildman–Crippen MR) is 97.0 cm³/mol. The first-order valence-electron chi connectivity index (χ1n) is 8.03. The Morgan fingerprint density at radius 2 is 2.00 bits per heavy atom. The van der Waals surface area contributed by atoms with Crippen LogP contribution in [-0.4, -0.2) is 26.5 Å². The highest BCUT2D eigenvalue weighted by molar-refractivity contribution is 7.09. The molecule has 0 aliphatic carbocycles. The number of rotatable bonds is 6. The lowest BCUT2D eigenvalue weighted by atomic mass is 10.1. The maximum atomic E-state index is 4.67. The monoisotopic (exact) mass is 339 g/mol. The number of aryl methyl sites for hydroxylation is 2. The van der Waals surface area contributed by atoms with Crippen molar-refractivity contribution in [3.63, 3.8) is 0 Å². The van der Waals surface area contributed by atoms with E-state index in [1.807, 2.05) is 38.2 Å². The highest BCUT2D eigenvalue weighted by Crippen LogP contribution is 2.20. The lowest BCUT2D eigenvalue weighted by Gasteiger charge is -2.15. The number of hydrogen-bond donors (Lipinski definition) is 1. The van der Waals surface area contributed by atoms with Crippen LogP contribution < -0.4 is 5.32 Å². The van der Waals surface area contributed by atoms with Gasteiger partial charge in [-0.2, -0.15) is 0 Å². The van der Waals surface area contributed by atoms with Crippen LogP contribution in [0.15, 0.2) is 36.0 Å². The van der Waals surface area contributed by atoms with Gasteiger partial charge in [-0.25, -0.2) is 15.0 Å². The molecule has 6 heteroatoms. The zero-order chi connectivity index (χ0) is 16.9. The third-order valence-electron chi connectivity index (χ3n) is 3.87. The van der Waals surface area contributed by atoms with Gasteiger partial charge in [-0.3, -0.25) is 4.98 Å². The molecule has 0 radical (unpaired) electrons. The summed E-state index contributed by atoms with van der Waals surface area (Å²) in [6.07, 6.45) is 4.61. The van der Waals surface area contributed by atoms with Crippen molar-refractivity contribution in [3.8, 4) is 11.4 Å². The van der Waals surface area contributed by atoms with E-state index in [9.17, 15) is 0 Å². The molecule has 0 aromatic carbocycles. The van der Waals surface area contributed by atoms with Gasteiger partial charge in [0, 0.05) is 48.0 Å². The zero-order valence-corrected chi connectivity index (χ0v) is 15.0. The highest BCUT2D eigenvalue weighted by Gasteiger charge is 2.10. The quantitative estimate of drug-likeness (QED) is 0.744.